The molecule has 2 aliphatic heterocycles. The predicted molar refractivity (Wildman–Crippen MR) is 120 cm³/mol. The van der Waals surface area contributed by atoms with Gasteiger partial charge in [0.2, 0.25) is 5.91 Å². The zero-order chi connectivity index (χ0) is 21.4. The third kappa shape index (κ3) is 3.63. The first-order chi connectivity index (χ1) is 15.1. The number of rotatable bonds is 5. The quantitative estimate of drug-likeness (QED) is 0.629. The van der Waals surface area contributed by atoms with Crippen LogP contribution in [0.5, 0.6) is 0 Å². The average molecular weight is 417 g/mol. The van der Waals surface area contributed by atoms with Gasteiger partial charge < -0.3 is 14.7 Å². The standard InChI is InChI=1S/C25H24FN3O2/c26-19-9-11-20(12-10-19)27-14-16-28(17-15-27)23(30)8-3-13-29-22-7-2-5-18-4-1-6-21(24(18)22)25(29)31/h1-2,4-7,9-12H,3,8,13-17H2. The first-order valence-corrected chi connectivity index (χ1v) is 10.7. The summed E-state index contributed by atoms with van der Waals surface area (Å²) in [6, 6.07) is 18.3. The van der Waals surface area contributed by atoms with Gasteiger partial charge in [-0.05, 0) is 48.2 Å². The van der Waals surface area contributed by atoms with Crippen LogP contribution in [0.25, 0.3) is 10.8 Å². The van der Waals surface area contributed by atoms with Crippen molar-refractivity contribution in [3.63, 3.8) is 0 Å². The number of carbonyl (C=O) groups is 2. The maximum absolute atomic E-state index is 13.1. The van der Waals surface area contributed by atoms with E-state index in [2.05, 4.69) is 4.90 Å². The fourth-order valence-electron chi connectivity index (χ4n) is 4.61. The number of nitrogens with zero attached hydrogens (tertiary/aromatic N) is 3. The van der Waals surface area contributed by atoms with Gasteiger partial charge in [0.15, 0.2) is 0 Å². The van der Waals surface area contributed by atoms with Crippen LogP contribution in [0.2, 0.25) is 0 Å². The summed E-state index contributed by atoms with van der Waals surface area (Å²) in [6.07, 6.45) is 1.06. The van der Waals surface area contributed by atoms with E-state index in [-0.39, 0.29) is 17.6 Å². The Labute approximate surface area is 180 Å². The van der Waals surface area contributed by atoms with Gasteiger partial charge in [-0.15, -0.1) is 0 Å². The van der Waals surface area contributed by atoms with E-state index in [1.807, 2.05) is 41.3 Å². The maximum atomic E-state index is 13.1. The Hall–Kier alpha value is -3.41. The van der Waals surface area contributed by atoms with Crippen LogP contribution < -0.4 is 9.80 Å². The molecule has 31 heavy (non-hydrogen) atoms. The van der Waals surface area contributed by atoms with Gasteiger partial charge in [0.05, 0.1) is 5.69 Å². The topological polar surface area (TPSA) is 43.9 Å². The molecular formula is C25H24FN3O2. The molecular weight excluding hydrogens is 393 g/mol. The normalized spacial score (nSPS) is 15.8. The molecule has 158 valence electrons. The predicted octanol–water partition coefficient (Wildman–Crippen LogP) is 4.07. The van der Waals surface area contributed by atoms with Crippen LogP contribution in [0.1, 0.15) is 23.2 Å². The van der Waals surface area contributed by atoms with Crippen LogP contribution in [0.3, 0.4) is 0 Å². The third-order valence-corrected chi connectivity index (χ3v) is 6.25. The Morgan fingerprint density at radius 1 is 0.903 bits per heavy atom. The molecule has 0 unspecified atom stereocenters. The van der Waals surface area contributed by atoms with Crippen molar-refractivity contribution in [2.75, 3.05) is 42.5 Å². The molecule has 5 rings (SSSR count). The van der Waals surface area contributed by atoms with Crippen molar-refractivity contribution in [1.29, 1.82) is 0 Å². The SMILES string of the molecule is O=C(CCCN1C(=O)c2cccc3cccc1c23)N1CCN(c2ccc(F)cc2)CC1. The molecule has 0 aromatic heterocycles. The summed E-state index contributed by atoms with van der Waals surface area (Å²) in [5.41, 5.74) is 2.67. The Morgan fingerprint density at radius 2 is 1.61 bits per heavy atom. The van der Waals surface area contributed by atoms with Crippen molar-refractivity contribution in [2.45, 2.75) is 12.8 Å². The van der Waals surface area contributed by atoms with Crippen LogP contribution in [0, 0.1) is 5.82 Å². The van der Waals surface area contributed by atoms with Gasteiger partial charge in [0.1, 0.15) is 5.82 Å². The molecule has 2 heterocycles. The number of benzene rings is 3. The van der Waals surface area contributed by atoms with E-state index < -0.39 is 0 Å². The number of carbonyl (C=O) groups excluding carboxylic acids is 2. The number of hydrogen-bond acceptors (Lipinski definition) is 3. The summed E-state index contributed by atoms with van der Waals surface area (Å²) < 4.78 is 13.1. The van der Waals surface area contributed by atoms with Crippen molar-refractivity contribution in [3.8, 4) is 0 Å². The molecule has 2 aliphatic rings. The van der Waals surface area contributed by atoms with Gasteiger partial charge in [-0.25, -0.2) is 4.39 Å². The molecule has 6 heteroatoms. The second-order valence-electron chi connectivity index (χ2n) is 8.09. The molecule has 2 amide bonds. The average Bonchev–Trinajstić information content (AvgIpc) is 3.08. The molecule has 0 radical (unpaired) electrons. The first-order valence-electron chi connectivity index (χ1n) is 10.7. The van der Waals surface area contributed by atoms with Gasteiger partial charge in [-0.1, -0.05) is 24.3 Å². The van der Waals surface area contributed by atoms with Crippen LogP contribution in [0.4, 0.5) is 15.8 Å². The zero-order valence-corrected chi connectivity index (χ0v) is 17.3. The summed E-state index contributed by atoms with van der Waals surface area (Å²) in [6.45, 7) is 3.32. The second-order valence-corrected chi connectivity index (χ2v) is 8.09. The highest BCUT2D eigenvalue weighted by molar-refractivity contribution is 6.25. The molecule has 0 spiro atoms. The number of amides is 2. The summed E-state index contributed by atoms with van der Waals surface area (Å²) in [4.78, 5) is 31.4. The fraction of sp³-hybridized carbons (Fsp3) is 0.280. The lowest BCUT2D eigenvalue weighted by Gasteiger charge is -2.36. The molecule has 1 saturated heterocycles. The zero-order valence-electron chi connectivity index (χ0n) is 17.3. The van der Waals surface area contributed by atoms with E-state index in [1.54, 1.807) is 17.0 Å². The minimum Gasteiger partial charge on any atom is -0.368 e. The number of piperazine rings is 1. The lowest BCUT2D eigenvalue weighted by Crippen LogP contribution is -2.48. The van der Waals surface area contributed by atoms with Crippen LogP contribution in [0.15, 0.2) is 60.7 Å². The molecule has 3 aromatic rings. The highest BCUT2D eigenvalue weighted by atomic mass is 19.1. The van der Waals surface area contributed by atoms with Crippen LogP contribution in [-0.4, -0.2) is 49.4 Å². The maximum Gasteiger partial charge on any atom is 0.258 e. The van der Waals surface area contributed by atoms with Crippen molar-refractivity contribution in [1.82, 2.24) is 4.90 Å². The smallest absolute Gasteiger partial charge is 0.258 e. The Morgan fingerprint density at radius 3 is 2.35 bits per heavy atom. The van der Waals surface area contributed by atoms with E-state index >= 15 is 0 Å². The van der Waals surface area contributed by atoms with Crippen LogP contribution in [-0.2, 0) is 4.79 Å². The monoisotopic (exact) mass is 417 g/mol. The lowest BCUT2D eigenvalue weighted by molar-refractivity contribution is -0.131. The number of hydrogen-bond donors (Lipinski definition) is 0. The van der Waals surface area contributed by atoms with Gasteiger partial charge in [-0.3, -0.25) is 9.59 Å². The Kier molecular flexibility index (Phi) is 5.06. The first kappa shape index (κ1) is 19.5. The highest BCUT2D eigenvalue weighted by Crippen LogP contribution is 2.37. The van der Waals surface area contributed by atoms with Crippen molar-refractivity contribution < 1.29 is 14.0 Å². The summed E-state index contributed by atoms with van der Waals surface area (Å²) in [5.74, 6) is -0.0957. The van der Waals surface area contributed by atoms with E-state index in [9.17, 15) is 14.0 Å². The molecule has 0 bridgehead atoms. The number of anilines is 2. The minimum atomic E-state index is -0.242. The minimum absolute atomic E-state index is 0.0205. The summed E-state index contributed by atoms with van der Waals surface area (Å²) in [5, 5.41) is 2.08. The number of halogens is 1. The molecule has 0 N–H and O–H groups in total. The van der Waals surface area contributed by atoms with Crippen LogP contribution >= 0.6 is 0 Å². The molecule has 3 aromatic carbocycles. The fourth-order valence-corrected chi connectivity index (χ4v) is 4.61. The second kappa shape index (κ2) is 8.02. The molecule has 1 fully saturated rings. The van der Waals surface area contributed by atoms with Gasteiger partial charge in [-0.2, -0.15) is 0 Å². The molecule has 0 aliphatic carbocycles. The molecule has 0 atom stereocenters. The third-order valence-electron chi connectivity index (χ3n) is 6.25. The lowest BCUT2D eigenvalue weighted by atomic mass is 10.1. The van der Waals surface area contributed by atoms with E-state index in [0.29, 0.717) is 32.5 Å². The highest BCUT2D eigenvalue weighted by Gasteiger charge is 2.29. The summed E-state index contributed by atoms with van der Waals surface area (Å²) in [7, 11) is 0. The van der Waals surface area contributed by atoms with Crippen molar-refractivity contribution in [3.05, 3.63) is 72.0 Å². The van der Waals surface area contributed by atoms with Gasteiger partial charge in [0, 0.05) is 55.8 Å². The largest absolute Gasteiger partial charge is 0.368 e. The van der Waals surface area contributed by atoms with Crippen molar-refractivity contribution in [2.24, 2.45) is 0 Å². The molecule has 5 nitrogen and oxygen atoms in total. The Bertz CT molecular complexity index is 1130. The van der Waals surface area contributed by atoms with E-state index in [4.69, 9.17) is 0 Å². The summed E-state index contributed by atoms with van der Waals surface area (Å²) >= 11 is 0. The van der Waals surface area contributed by atoms with Crippen molar-refractivity contribution >= 4 is 34.0 Å². The Balaban J connectivity index is 1.15. The van der Waals surface area contributed by atoms with Gasteiger partial charge >= 0.3 is 0 Å². The van der Waals surface area contributed by atoms with E-state index in [0.717, 1.165) is 40.8 Å². The van der Waals surface area contributed by atoms with Gasteiger partial charge in [0.25, 0.3) is 5.91 Å². The van der Waals surface area contributed by atoms with E-state index in [1.165, 1.54) is 12.1 Å². The molecule has 0 saturated carbocycles.